The van der Waals surface area contributed by atoms with E-state index >= 15 is 0 Å². The molecule has 194 valence electrons. The van der Waals surface area contributed by atoms with Crippen LogP contribution < -0.4 is 0 Å². The summed E-state index contributed by atoms with van der Waals surface area (Å²) in [5, 5.41) is 0. The van der Waals surface area contributed by atoms with Crippen LogP contribution in [0.3, 0.4) is 0 Å². The van der Waals surface area contributed by atoms with Gasteiger partial charge in [-0.3, -0.25) is 6.08 Å². The van der Waals surface area contributed by atoms with Crippen LogP contribution in [0.2, 0.25) is 0 Å². The first-order valence-electron chi connectivity index (χ1n) is 12.7. The van der Waals surface area contributed by atoms with Gasteiger partial charge in [0.15, 0.2) is 0 Å². The minimum Gasteiger partial charge on any atom is -0.179 e. The molecule has 2 aliphatic rings. The number of hydrogen-bond donors (Lipinski definition) is 0. The Bertz CT molecular complexity index is 1240. The molecule has 0 aliphatic heterocycles. The summed E-state index contributed by atoms with van der Waals surface area (Å²) in [5.41, 5.74) is 9.64. The molecule has 2 aliphatic carbocycles. The normalized spacial score (nSPS) is 12.5. The van der Waals surface area contributed by atoms with Crippen LogP contribution in [0, 0.1) is 32.9 Å². The van der Waals surface area contributed by atoms with Crippen molar-refractivity contribution in [2.45, 2.75) is 33.1 Å². The number of benzene rings is 4. The van der Waals surface area contributed by atoms with Crippen LogP contribution in [0.1, 0.15) is 48.9 Å². The van der Waals surface area contributed by atoms with Gasteiger partial charge in [0.25, 0.3) is 0 Å². The molecule has 0 aromatic heterocycles. The van der Waals surface area contributed by atoms with E-state index in [1.165, 1.54) is 72.8 Å². The van der Waals surface area contributed by atoms with E-state index in [4.69, 9.17) is 0 Å². The van der Waals surface area contributed by atoms with Gasteiger partial charge in [0.1, 0.15) is 0 Å². The minimum atomic E-state index is 0. The first-order valence-corrected chi connectivity index (χ1v) is 13.9. The fourth-order valence-corrected chi connectivity index (χ4v) is 5.18. The molecule has 0 saturated carbocycles. The molecule has 1 atom stereocenters. The summed E-state index contributed by atoms with van der Waals surface area (Å²) in [6.45, 7) is 4.48. The Hall–Kier alpha value is -2.89. The Morgan fingerprint density at radius 3 is 1.95 bits per heavy atom. The summed E-state index contributed by atoms with van der Waals surface area (Å²) < 4.78 is 1.42. The van der Waals surface area contributed by atoms with E-state index in [1.54, 1.807) is 0 Å². The monoisotopic (exact) mass is 572 g/mol. The average Bonchev–Trinajstić information content (AvgIpc) is 3.62. The zero-order valence-electron chi connectivity index (χ0n) is 23.2. The van der Waals surface area contributed by atoms with E-state index in [2.05, 4.69) is 135 Å². The summed E-state index contributed by atoms with van der Waals surface area (Å²) in [5.74, 6) is 0.736. The third kappa shape index (κ3) is 8.31. The third-order valence-corrected chi connectivity index (χ3v) is 8.07. The van der Waals surface area contributed by atoms with Crippen molar-refractivity contribution >= 4 is 3.21 Å². The zero-order chi connectivity index (χ0) is 25.2. The fourth-order valence-electron chi connectivity index (χ4n) is 4.37. The molecule has 0 amide bonds. The largest absolute Gasteiger partial charge is 0.179 e. The molecule has 0 bridgehead atoms. The zero-order valence-corrected chi connectivity index (χ0v) is 25.6. The summed E-state index contributed by atoms with van der Waals surface area (Å²) in [4.78, 5) is 0. The second-order valence-electron chi connectivity index (χ2n) is 9.07. The van der Waals surface area contributed by atoms with Crippen molar-refractivity contribution in [1.29, 1.82) is 0 Å². The van der Waals surface area contributed by atoms with Gasteiger partial charge in [-0.15, -0.1) is 12.0 Å². The standard InChI is InChI=1S/C13H9.C13H10.C9H13.2CH3.Zr/c1-3-7-12-10(5-1)9-11-6-2-4-8-13(11)12;1-3-7-12(8-4-1)11-13-9-5-2-6-10-13;1-3-8(2)9-6-4-5-7-9;;;/h1-5,7-8H,9H2;1-10H;6-8H,3-4H2,1-2H3;2*1H3;/q-1;;3*-1;. The van der Waals surface area contributed by atoms with E-state index in [9.17, 15) is 0 Å². The number of allylic oxidation sites excluding steroid dienone is 4. The van der Waals surface area contributed by atoms with Gasteiger partial charge in [0.2, 0.25) is 0 Å². The maximum absolute atomic E-state index is 3.30. The third-order valence-electron chi connectivity index (χ3n) is 6.65. The van der Waals surface area contributed by atoms with Gasteiger partial charge in [-0.25, -0.2) is 6.08 Å². The molecule has 6 rings (SSSR count). The SMILES string of the molecule is CCC(C)C1=CC[C-]=C1.[CH3-].[CH3-].[Zr]=[C](c1ccccc1)c1ccccc1.[c-]1cccc2c1Cc1ccccc1-2. The minimum absolute atomic E-state index is 0. The Balaban J connectivity index is 0.000000200. The van der Waals surface area contributed by atoms with Crippen LogP contribution in [0.25, 0.3) is 11.1 Å². The van der Waals surface area contributed by atoms with Crippen LogP contribution in [-0.2, 0) is 30.7 Å². The average molecular weight is 574 g/mol. The topological polar surface area (TPSA) is 0 Å². The van der Waals surface area contributed by atoms with E-state index in [1.807, 2.05) is 6.07 Å². The second kappa shape index (κ2) is 16.2. The number of hydrogen-bond acceptors (Lipinski definition) is 0. The quantitative estimate of drug-likeness (QED) is 0.188. The summed E-state index contributed by atoms with van der Waals surface area (Å²) in [6.07, 6.45) is 10.9. The Morgan fingerprint density at radius 2 is 1.37 bits per heavy atom. The van der Waals surface area contributed by atoms with E-state index in [0.29, 0.717) is 0 Å². The molecule has 4 aromatic rings. The van der Waals surface area contributed by atoms with Gasteiger partial charge in [0, 0.05) is 0 Å². The van der Waals surface area contributed by atoms with Crippen molar-refractivity contribution in [3.8, 4) is 11.1 Å². The van der Waals surface area contributed by atoms with Gasteiger partial charge >= 0.3 is 99.2 Å². The van der Waals surface area contributed by atoms with Gasteiger partial charge in [-0.2, -0.15) is 41.5 Å². The molecule has 38 heavy (non-hydrogen) atoms. The van der Waals surface area contributed by atoms with Crippen LogP contribution in [-0.4, -0.2) is 3.21 Å². The van der Waals surface area contributed by atoms with Gasteiger partial charge in [-0.1, -0.05) is 61.6 Å². The molecular weight excluding hydrogens is 536 g/mol. The maximum Gasteiger partial charge on any atom is -0.0253 e. The van der Waals surface area contributed by atoms with Crippen molar-refractivity contribution < 1.29 is 24.2 Å². The van der Waals surface area contributed by atoms with Gasteiger partial charge in [0.05, 0.1) is 0 Å². The summed E-state index contributed by atoms with van der Waals surface area (Å²) >= 11 is 1.46. The molecular formula is C37H38Zr-4. The van der Waals surface area contributed by atoms with Crippen LogP contribution in [0.5, 0.6) is 0 Å². The maximum atomic E-state index is 3.30. The fraction of sp³-hybridized carbons (Fsp3) is 0.162. The number of rotatable bonds is 4. The molecule has 0 nitrogen and oxygen atoms in total. The van der Waals surface area contributed by atoms with Crippen molar-refractivity contribution in [3.05, 3.63) is 170 Å². The summed E-state index contributed by atoms with van der Waals surface area (Å²) in [7, 11) is 0. The van der Waals surface area contributed by atoms with E-state index < -0.39 is 0 Å². The van der Waals surface area contributed by atoms with Crippen LogP contribution in [0.4, 0.5) is 0 Å². The van der Waals surface area contributed by atoms with Crippen LogP contribution >= 0.6 is 0 Å². The van der Waals surface area contributed by atoms with Gasteiger partial charge < -0.3 is 14.9 Å². The first kappa shape index (κ1) is 31.3. The molecule has 0 spiro atoms. The Kier molecular flexibility index (Phi) is 13.3. The molecule has 4 aromatic carbocycles. The molecule has 1 unspecified atom stereocenters. The van der Waals surface area contributed by atoms with Gasteiger partial charge in [-0.05, 0) is 6.42 Å². The van der Waals surface area contributed by atoms with Crippen molar-refractivity contribution in [2.24, 2.45) is 5.92 Å². The Labute approximate surface area is 246 Å². The second-order valence-corrected chi connectivity index (χ2v) is 10.3. The molecule has 0 saturated heterocycles. The smallest absolute Gasteiger partial charge is 0.0253 e. The summed E-state index contributed by atoms with van der Waals surface area (Å²) in [6, 6.07) is 39.2. The predicted octanol–water partition coefficient (Wildman–Crippen LogP) is 9.48. The predicted molar refractivity (Wildman–Crippen MR) is 162 cm³/mol. The molecule has 0 radical (unpaired) electrons. The van der Waals surface area contributed by atoms with Crippen molar-refractivity contribution in [3.63, 3.8) is 0 Å². The van der Waals surface area contributed by atoms with Crippen molar-refractivity contribution in [2.75, 3.05) is 0 Å². The molecule has 0 N–H and O–H groups in total. The Morgan fingerprint density at radius 1 is 0.789 bits per heavy atom. The molecule has 1 heteroatoms. The number of fused-ring (bicyclic) bond motifs is 3. The van der Waals surface area contributed by atoms with E-state index in [0.717, 1.165) is 18.8 Å². The molecule has 0 fully saturated rings. The first-order chi connectivity index (χ1) is 17.7. The van der Waals surface area contributed by atoms with E-state index in [-0.39, 0.29) is 14.9 Å². The molecule has 0 heterocycles. The van der Waals surface area contributed by atoms with Crippen LogP contribution in [0.15, 0.2) is 121 Å². The van der Waals surface area contributed by atoms with Crippen molar-refractivity contribution in [1.82, 2.24) is 0 Å².